The fourth-order valence-electron chi connectivity index (χ4n) is 3.45. The zero-order chi connectivity index (χ0) is 16.6. The molecular weight excluding hydrogens is 296 g/mol. The first-order valence-electron chi connectivity index (χ1n) is 7.59. The van der Waals surface area contributed by atoms with E-state index in [1.807, 2.05) is 0 Å². The van der Waals surface area contributed by atoms with Gasteiger partial charge in [0.05, 0.1) is 16.7 Å². The minimum Gasteiger partial charge on any atom is -0.313 e. The van der Waals surface area contributed by atoms with Gasteiger partial charge in [-0.1, -0.05) is 25.1 Å². The number of hydrogen-bond acceptors (Lipinski definition) is 5. The predicted octanol–water partition coefficient (Wildman–Crippen LogP) is 3.73. The topological polar surface area (TPSA) is 81.8 Å². The average molecular weight is 314 g/mol. The number of nitrogens with zero attached hydrogens (tertiary/aromatic N) is 2. The van der Waals surface area contributed by atoms with Crippen LogP contribution in [0.4, 0.5) is 5.69 Å². The molecule has 3 aliphatic rings. The van der Waals surface area contributed by atoms with Gasteiger partial charge in [-0.15, -0.1) is 0 Å². The summed E-state index contributed by atoms with van der Waals surface area (Å²) in [5.41, 5.74) is 1.57. The van der Waals surface area contributed by atoms with E-state index in [2.05, 4.69) is 25.1 Å². The van der Waals surface area contributed by atoms with Crippen LogP contribution in [0.1, 0.15) is 37.0 Å². The number of nitro benzene ring substituents is 1. The predicted molar refractivity (Wildman–Crippen MR) is 85.1 cm³/mol. The van der Waals surface area contributed by atoms with E-state index in [-0.39, 0.29) is 11.3 Å². The van der Waals surface area contributed by atoms with Crippen molar-refractivity contribution in [3.05, 3.63) is 51.6 Å². The monoisotopic (exact) mass is 314 g/mol. The number of oxime groups is 1. The SMILES string of the molecule is CC1(C)C2CC=C(/C=N/OC(=O)c3ccc([N+](=O)[O-])cc3)C1C2. The quantitative estimate of drug-likeness (QED) is 0.367. The lowest BCUT2D eigenvalue weighted by Gasteiger charge is -2.55. The Labute approximate surface area is 134 Å². The van der Waals surface area contributed by atoms with Gasteiger partial charge in [-0.05, 0) is 47.8 Å². The van der Waals surface area contributed by atoms with Gasteiger partial charge in [0.15, 0.2) is 0 Å². The van der Waals surface area contributed by atoms with Crippen molar-refractivity contribution in [2.75, 3.05) is 0 Å². The van der Waals surface area contributed by atoms with Gasteiger partial charge in [-0.25, -0.2) is 4.79 Å². The van der Waals surface area contributed by atoms with Gasteiger partial charge >= 0.3 is 5.97 Å². The van der Waals surface area contributed by atoms with Crippen molar-refractivity contribution in [1.29, 1.82) is 0 Å². The number of carbonyl (C=O) groups excluding carboxylic acids is 1. The third-order valence-corrected chi connectivity index (χ3v) is 5.16. The Morgan fingerprint density at radius 3 is 2.65 bits per heavy atom. The first kappa shape index (κ1) is 15.4. The van der Waals surface area contributed by atoms with Crippen molar-refractivity contribution in [1.82, 2.24) is 0 Å². The van der Waals surface area contributed by atoms with Crippen molar-refractivity contribution < 1.29 is 14.6 Å². The van der Waals surface area contributed by atoms with Crippen LogP contribution in [-0.2, 0) is 4.84 Å². The second-order valence-electron chi connectivity index (χ2n) is 6.66. The van der Waals surface area contributed by atoms with Crippen LogP contribution in [0.25, 0.3) is 0 Å². The third-order valence-electron chi connectivity index (χ3n) is 5.16. The van der Waals surface area contributed by atoms with Gasteiger partial charge < -0.3 is 4.84 Å². The summed E-state index contributed by atoms with van der Waals surface area (Å²) in [6.45, 7) is 4.52. The lowest BCUT2D eigenvalue weighted by molar-refractivity contribution is -0.384. The molecular formula is C17H18N2O4. The van der Waals surface area contributed by atoms with E-state index < -0.39 is 10.9 Å². The normalized spacial score (nSPS) is 24.7. The maximum atomic E-state index is 11.9. The molecule has 0 heterocycles. The number of carbonyl (C=O) groups is 1. The molecule has 6 nitrogen and oxygen atoms in total. The first-order valence-corrected chi connectivity index (χ1v) is 7.59. The summed E-state index contributed by atoms with van der Waals surface area (Å²) in [6.07, 6.45) is 5.99. The van der Waals surface area contributed by atoms with Crippen LogP contribution in [0.5, 0.6) is 0 Å². The molecule has 0 spiro atoms. The Balaban J connectivity index is 1.61. The Hall–Kier alpha value is -2.50. The van der Waals surface area contributed by atoms with Crippen LogP contribution in [0.2, 0.25) is 0 Å². The summed E-state index contributed by atoms with van der Waals surface area (Å²) in [6, 6.07) is 5.24. The Morgan fingerprint density at radius 2 is 2.09 bits per heavy atom. The lowest BCUT2D eigenvalue weighted by Crippen LogP contribution is -2.48. The molecule has 4 rings (SSSR count). The minimum atomic E-state index is -0.627. The van der Waals surface area contributed by atoms with Crippen LogP contribution >= 0.6 is 0 Å². The van der Waals surface area contributed by atoms with Crippen LogP contribution in [-0.4, -0.2) is 17.1 Å². The molecule has 0 aliphatic heterocycles. The molecule has 0 saturated heterocycles. The van der Waals surface area contributed by atoms with Crippen molar-refractivity contribution >= 4 is 17.9 Å². The molecule has 1 saturated carbocycles. The van der Waals surface area contributed by atoms with E-state index in [1.165, 1.54) is 30.7 Å². The minimum absolute atomic E-state index is 0.0702. The molecule has 120 valence electrons. The van der Waals surface area contributed by atoms with E-state index >= 15 is 0 Å². The van der Waals surface area contributed by atoms with E-state index in [0.717, 1.165) is 17.9 Å². The Kier molecular flexibility index (Phi) is 3.75. The zero-order valence-electron chi connectivity index (χ0n) is 13.1. The highest BCUT2D eigenvalue weighted by Gasteiger charge is 2.50. The number of hydrogen-bond donors (Lipinski definition) is 0. The van der Waals surface area contributed by atoms with Gasteiger partial charge in [0, 0.05) is 12.1 Å². The second kappa shape index (κ2) is 5.61. The highest BCUT2D eigenvalue weighted by molar-refractivity contribution is 5.90. The molecule has 1 fully saturated rings. The van der Waals surface area contributed by atoms with E-state index in [0.29, 0.717) is 11.3 Å². The molecule has 1 aromatic rings. The van der Waals surface area contributed by atoms with Gasteiger partial charge in [-0.2, -0.15) is 0 Å². The van der Waals surface area contributed by atoms with Crippen molar-refractivity contribution in [2.45, 2.75) is 26.7 Å². The Morgan fingerprint density at radius 1 is 1.39 bits per heavy atom. The van der Waals surface area contributed by atoms with E-state index in [4.69, 9.17) is 4.84 Å². The van der Waals surface area contributed by atoms with Gasteiger partial charge in [0.2, 0.25) is 0 Å². The van der Waals surface area contributed by atoms with Crippen molar-refractivity contribution in [2.24, 2.45) is 22.4 Å². The van der Waals surface area contributed by atoms with Gasteiger partial charge in [-0.3, -0.25) is 10.1 Å². The number of rotatable bonds is 4. The zero-order valence-corrected chi connectivity index (χ0v) is 13.1. The van der Waals surface area contributed by atoms with Crippen LogP contribution < -0.4 is 0 Å². The molecule has 2 unspecified atom stereocenters. The first-order chi connectivity index (χ1) is 10.9. The molecule has 2 bridgehead atoms. The summed E-state index contributed by atoms with van der Waals surface area (Å²) < 4.78 is 0. The van der Waals surface area contributed by atoms with Crippen LogP contribution in [0.3, 0.4) is 0 Å². The average Bonchev–Trinajstić information content (AvgIpc) is 2.54. The number of fused-ring (bicyclic) bond motifs is 1. The van der Waals surface area contributed by atoms with Crippen LogP contribution in [0.15, 0.2) is 41.1 Å². The summed E-state index contributed by atoms with van der Waals surface area (Å²) in [4.78, 5) is 26.8. The van der Waals surface area contributed by atoms with Crippen molar-refractivity contribution in [3.8, 4) is 0 Å². The number of non-ortho nitro benzene ring substituents is 1. The molecule has 0 radical (unpaired) electrons. The van der Waals surface area contributed by atoms with Crippen molar-refractivity contribution in [3.63, 3.8) is 0 Å². The summed E-state index contributed by atoms with van der Waals surface area (Å²) in [5, 5.41) is 14.4. The molecule has 23 heavy (non-hydrogen) atoms. The Bertz CT molecular complexity index is 704. The smallest absolute Gasteiger partial charge is 0.313 e. The highest BCUT2D eigenvalue weighted by Crippen LogP contribution is 2.58. The summed E-state index contributed by atoms with van der Waals surface area (Å²) in [5.74, 6) is 0.591. The molecule has 0 aromatic heterocycles. The van der Waals surface area contributed by atoms with E-state index in [1.54, 1.807) is 6.21 Å². The summed E-state index contributed by atoms with van der Waals surface area (Å²) >= 11 is 0. The molecule has 6 heteroatoms. The second-order valence-corrected chi connectivity index (χ2v) is 6.66. The maximum absolute atomic E-state index is 11.9. The standard InChI is InChI=1S/C17H18N2O4/c1-17(2)13-6-3-12(15(17)9-13)10-18-23-16(20)11-4-7-14(8-5-11)19(21)22/h3-5,7-8,10,13,15H,6,9H2,1-2H3/b18-10+. The number of nitro groups is 1. The van der Waals surface area contributed by atoms with Gasteiger partial charge in [0.25, 0.3) is 5.69 Å². The number of benzene rings is 1. The molecule has 1 aromatic carbocycles. The maximum Gasteiger partial charge on any atom is 0.365 e. The molecule has 0 amide bonds. The fraction of sp³-hybridized carbons (Fsp3) is 0.412. The van der Waals surface area contributed by atoms with Crippen LogP contribution in [0, 0.1) is 27.4 Å². The van der Waals surface area contributed by atoms with E-state index in [9.17, 15) is 14.9 Å². The summed E-state index contributed by atoms with van der Waals surface area (Å²) in [7, 11) is 0. The van der Waals surface area contributed by atoms with Gasteiger partial charge in [0.1, 0.15) is 0 Å². The fourth-order valence-corrected chi connectivity index (χ4v) is 3.45. The molecule has 3 aliphatic carbocycles. The lowest BCUT2D eigenvalue weighted by atomic mass is 9.49. The largest absolute Gasteiger partial charge is 0.365 e. The molecule has 2 atom stereocenters. The number of allylic oxidation sites excluding steroid dienone is 2. The third kappa shape index (κ3) is 2.76. The molecule has 0 N–H and O–H groups in total. The highest BCUT2D eigenvalue weighted by atomic mass is 16.7.